The highest BCUT2D eigenvalue weighted by molar-refractivity contribution is 6.30. The van der Waals surface area contributed by atoms with E-state index in [2.05, 4.69) is 20.2 Å². The number of hydrogen-bond donors (Lipinski definition) is 1. The largest absolute Gasteiger partial charge is 0.373 e. The molecule has 2 aromatic heterocycles. The first-order valence-corrected chi connectivity index (χ1v) is 9.08. The second-order valence-corrected chi connectivity index (χ2v) is 6.67. The Morgan fingerprint density at radius 2 is 1.78 bits per heavy atom. The van der Waals surface area contributed by atoms with Crippen molar-refractivity contribution in [1.82, 2.24) is 15.3 Å². The van der Waals surface area contributed by atoms with Crippen LogP contribution in [0.1, 0.15) is 21.6 Å². The number of nitrogens with one attached hydrogen (secondary N) is 1. The van der Waals surface area contributed by atoms with Crippen molar-refractivity contribution >= 4 is 23.2 Å². The van der Waals surface area contributed by atoms with E-state index in [0.29, 0.717) is 17.3 Å². The summed E-state index contributed by atoms with van der Waals surface area (Å²) in [6.45, 7) is 1.29. The number of rotatable bonds is 7. The van der Waals surface area contributed by atoms with Gasteiger partial charge in [-0.1, -0.05) is 23.7 Å². The normalized spacial score (nSPS) is 10.4. The molecule has 138 valence electrons. The van der Waals surface area contributed by atoms with Gasteiger partial charge in [0.25, 0.3) is 5.91 Å². The van der Waals surface area contributed by atoms with Crippen LogP contribution in [0.2, 0.25) is 5.02 Å². The number of nitrogens with zero attached hydrogens (tertiary/aromatic N) is 3. The minimum Gasteiger partial charge on any atom is -0.373 e. The van der Waals surface area contributed by atoms with Crippen LogP contribution in [0.5, 0.6) is 0 Å². The summed E-state index contributed by atoms with van der Waals surface area (Å²) >= 11 is 5.86. The highest BCUT2D eigenvalue weighted by Crippen LogP contribution is 2.13. The topological polar surface area (TPSA) is 58.1 Å². The van der Waals surface area contributed by atoms with Crippen molar-refractivity contribution in [1.29, 1.82) is 0 Å². The van der Waals surface area contributed by atoms with Crippen LogP contribution in [0.3, 0.4) is 0 Å². The summed E-state index contributed by atoms with van der Waals surface area (Å²) in [6.07, 6.45) is 6.24. The van der Waals surface area contributed by atoms with Gasteiger partial charge in [-0.05, 0) is 53.9 Å². The number of benzene rings is 1. The summed E-state index contributed by atoms with van der Waals surface area (Å²) in [6, 6.07) is 15.1. The van der Waals surface area contributed by atoms with E-state index in [1.807, 2.05) is 37.4 Å². The van der Waals surface area contributed by atoms with Gasteiger partial charge in [-0.2, -0.15) is 0 Å². The minimum atomic E-state index is -0.198. The summed E-state index contributed by atoms with van der Waals surface area (Å²) in [4.78, 5) is 22.7. The van der Waals surface area contributed by atoms with Gasteiger partial charge >= 0.3 is 0 Å². The lowest BCUT2D eigenvalue weighted by atomic mass is 10.2. The lowest BCUT2D eigenvalue weighted by Crippen LogP contribution is -2.24. The number of halogens is 1. The Kier molecular flexibility index (Phi) is 6.39. The molecule has 6 heteroatoms. The molecule has 1 aromatic carbocycles. The highest BCUT2D eigenvalue weighted by Gasteiger charge is 2.08. The van der Waals surface area contributed by atoms with E-state index in [1.165, 1.54) is 5.56 Å². The number of pyridine rings is 2. The van der Waals surface area contributed by atoms with Crippen LogP contribution in [0.25, 0.3) is 0 Å². The lowest BCUT2D eigenvalue weighted by Gasteiger charge is -2.19. The van der Waals surface area contributed by atoms with Gasteiger partial charge in [0, 0.05) is 37.6 Å². The third kappa shape index (κ3) is 5.53. The van der Waals surface area contributed by atoms with Crippen LogP contribution in [0.4, 0.5) is 5.69 Å². The van der Waals surface area contributed by atoms with Crippen molar-refractivity contribution in [2.24, 2.45) is 0 Å². The summed E-state index contributed by atoms with van der Waals surface area (Å²) in [5, 5.41) is 3.54. The summed E-state index contributed by atoms with van der Waals surface area (Å²) < 4.78 is 0. The maximum absolute atomic E-state index is 12.3. The number of likely N-dealkylation sites (N-methyl/N-ethyl adjacent to an activating group) is 1. The fraction of sp³-hybridized carbons (Fsp3) is 0.190. The van der Waals surface area contributed by atoms with Crippen molar-refractivity contribution < 1.29 is 4.79 Å². The number of carbonyl (C=O) groups is 1. The quantitative estimate of drug-likeness (QED) is 0.678. The van der Waals surface area contributed by atoms with Crippen LogP contribution in [0.15, 0.2) is 67.1 Å². The fourth-order valence-corrected chi connectivity index (χ4v) is 2.72. The maximum Gasteiger partial charge on any atom is 0.270 e. The summed E-state index contributed by atoms with van der Waals surface area (Å²) in [5.41, 5.74) is 3.59. The fourth-order valence-electron chi connectivity index (χ4n) is 2.60. The molecule has 27 heavy (non-hydrogen) atoms. The van der Waals surface area contributed by atoms with Crippen LogP contribution in [-0.4, -0.2) is 29.5 Å². The molecule has 0 unspecified atom stereocenters. The molecule has 5 nitrogen and oxygen atoms in total. The Morgan fingerprint density at radius 3 is 2.44 bits per heavy atom. The smallest absolute Gasteiger partial charge is 0.270 e. The molecule has 0 fully saturated rings. The first kappa shape index (κ1) is 18.9. The van der Waals surface area contributed by atoms with Gasteiger partial charge in [0.1, 0.15) is 5.69 Å². The molecule has 0 saturated carbocycles. The average Bonchev–Trinajstić information content (AvgIpc) is 2.72. The minimum absolute atomic E-state index is 0.198. The van der Waals surface area contributed by atoms with Gasteiger partial charge in [-0.15, -0.1) is 0 Å². The summed E-state index contributed by atoms with van der Waals surface area (Å²) in [7, 11) is 2.01. The number of hydrogen-bond acceptors (Lipinski definition) is 4. The van der Waals surface area contributed by atoms with Crippen molar-refractivity contribution in [3.05, 3.63) is 89.0 Å². The molecule has 0 saturated heterocycles. The molecule has 2 heterocycles. The van der Waals surface area contributed by atoms with Crippen LogP contribution in [-0.2, 0) is 13.0 Å². The molecule has 1 N–H and O–H groups in total. The average molecular weight is 381 g/mol. The molecule has 0 bridgehead atoms. The van der Waals surface area contributed by atoms with Crippen LogP contribution in [0, 0.1) is 0 Å². The molecule has 0 atom stereocenters. The number of anilines is 1. The van der Waals surface area contributed by atoms with Gasteiger partial charge < -0.3 is 10.2 Å². The Morgan fingerprint density at radius 1 is 1.04 bits per heavy atom. The SMILES string of the molecule is CN(CCc1ccncc1)c1ccc(C(=O)NCc2ccc(Cl)cc2)nc1. The van der Waals surface area contributed by atoms with E-state index < -0.39 is 0 Å². The van der Waals surface area contributed by atoms with E-state index in [1.54, 1.807) is 36.8 Å². The zero-order valence-corrected chi connectivity index (χ0v) is 15.9. The van der Waals surface area contributed by atoms with Gasteiger partial charge in [0.05, 0.1) is 11.9 Å². The second-order valence-electron chi connectivity index (χ2n) is 6.24. The highest BCUT2D eigenvalue weighted by atomic mass is 35.5. The van der Waals surface area contributed by atoms with Gasteiger partial charge in [0.15, 0.2) is 0 Å². The third-order valence-electron chi connectivity index (χ3n) is 4.27. The van der Waals surface area contributed by atoms with Crippen molar-refractivity contribution in [3.63, 3.8) is 0 Å². The van der Waals surface area contributed by atoms with Gasteiger partial charge in [-0.3, -0.25) is 9.78 Å². The first-order valence-electron chi connectivity index (χ1n) is 8.70. The molecule has 0 aliphatic carbocycles. The van der Waals surface area contributed by atoms with Crippen molar-refractivity contribution in [3.8, 4) is 0 Å². The predicted octanol–water partition coefficient (Wildman–Crippen LogP) is 3.74. The van der Waals surface area contributed by atoms with E-state index >= 15 is 0 Å². The molecular weight excluding hydrogens is 360 g/mol. The molecular formula is C21H21ClN4O. The molecule has 0 aliphatic rings. The van der Waals surface area contributed by atoms with E-state index in [9.17, 15) is 4.79 Å². The zero-order valence-electron chi connectivity index (χ0n) is 15.1. The van der Waals surface area contributed by atoms with E-state index in [4.69, 9.17) is 11.6 Å². The van der Waals surface area contributed by atoms with Gasteiger partial charge in [-0.25, -0.2) is 4.98 Å². The van der Waals surface area contributed by atoms with Crippen LogP contribution >= 0.6 is 11.6 Å². The predicted molar refractivity (Wildman–Crippen MR) is 108 cm³/mol. The zero-order chi connectivity index (χ0) is 19.1. The molecule has 3 rings (SSSR count). The Labute approximate surface area is 164 Å². The lowest BCUT2D eigenvalue weighted by molar-refractivity contribution is 0.0946. The Hall–Kier alpha value is -2.92. The molecule has 1 amide bonds. The Bertz CT molecular complexity index is 867. The van der Waals surface area contributed by atoms with Gasteiger partial charge in [0.2, 0.25) is 0 Å². The monoisotopic (exact) mass is 380 g/mol. The summed E-state index contributed by atoms with van der Waals surface area (Å²) in [5.74, 6) is -0.198. The number of aromatic nitrogens is 2. The van der Waals surface area contributed by atoms with Crippen LogP contribution < -0.4 is 10.2 Å². The molecule has 0 radical (unpaired) electrons. The maximum atomic E-state index is 12.3. The molecule has 0 aliphatic heterocycles. The van der Waals surface area contributed by atoms with Crippen molar-refractivity contribution in [2.45, 2.75) is 13.0 Å². The number of carbonyl (C=O) groups excluding carboxylic acids is 1. The standard InChI is InChI=1S/C21H21ClN4O/c1-26(13-10-16-8-11-23-12-9-16)19-6-7-20(24-15-19)21(27)25-14-17-2-4-18(22)5-3-17/h2-9,11-12,15H,10,13-14H2,1H3,(H,25,27). The van der Waals surface area contributed by atoms with E-state index in [0.717, 1.165) is 24.2 Å². The second kappa shape index (κ2) is 9.14. The number of amides is 1. The molecule has 3 aromatic rings. The molecule has 0 spiro atoms. The van der Waals surface area contributed by atoms with Crippen molar-refractivity contribution in [2.75, 3.05) is 18.5 Å². The Balaban J connectivity index is 1.52. The first-order chi connectivity index (χ1) is 13.1. The third-order valence-corrected chi connectivity index (χ3v) is 4.52. The van der Waals surface area contributed by atoms with E-state index in [-0.39, 0.29) is 5.91 Å².